The topological polar surface area (TPSA) is 81.7 Å². The van der Waals surface area contributed by atoms with Gasteiger partial charge in [0.1, 0.15) is 0 Å². The number of aromatic nitrogens is 3. The number of esters is 1. The van der Waals surface area contributed by atoms with Crippen molar-refractivity contribution in [3.63, 3.8) is 0 Å². The first-order valence-electron chi connectivity index (χ1n) is 11.8. The Labute approximate surface area is 208 Å². The number of hydrogen-bond donors (Lipinski definition) is 0. The van der Waals surface area contributed by atoms with E-state index in [-0.39, 0.29) is 12.2 Å². The Morgan fingerprint density at radius 2 is 1.86 bits per heavy atom. The van der Waals surface area contributed by atoms with Crippen LogP contribution in [-0.4, -0.2) is 40.0 Å². The van der Waals surface area contributed by atoms with Gasteiger partial charge < -0.3 is 9.64 Å². The van der Waals surface area contributed by atoms with E-state index >= 15 is 0 Å². The van der Waals surface area contributed by atoms with Crippen LogP contribution in [0.5, 0.6) is 0 Å². The summed E-state index contributed by atoms with van der Waals surface area (Å²) in [5, 5.41) is 4.37. The zero-order valence-corrected chi connectivity index (χ0v) is 21.8. The van der Waals surface area contributed by atoms with E-state index in [1.807, 2.05) is 50.5 Å². The highest BCUT2D eigenvalue weighted by molar-refractivity contribution is 7.07. The van der Waals surface area contributed by atoms with Gasteiger partial charge in [-0.25, -0.2) is 9.79 Å². The van der Waals surface area contributed by atoms with E-state index in [4.69, 9.17) is 4.74 Å². The molecule has 35 heavy (non-hydrogen) atoms. The fourth-order valence-electron chi connectivity index (χ4n) is 4.46. The van der Waals surface area contributed by atoms with Crippen molar-refractivity contribution in [2.24, 2.45) is 12.0 Å². The highest BCUT2D eigenvalue weighted by Crippen LogP contribution is 2.31. The Morgan fingerprint density at radius 3 is 2.43 bits per heavy atom. The maximum atomic E-state index is 13.7. The van der Waals surface area contributed by atoms with Gasteiger partial charge in [0.15, 0.2) is 4.80 Å². The van der Waals surface area contributed by atoms with Crippen LogP contribution >= 0.6 is 11.3 Å². The number of anilines is 1. The van der Waals surface area contributed by atoms with Gasteiger partial charge in [-0.3, -0.25) is 14.0 Å². The molecule has 0 saturated heterocycles. The first kappa shape index (κ1) is 24.7. The summed E-state index contributed by atoms with van der Waals surface area (Å²) in [5.74, 6) is -0.455. The largest absolute Gasteiger partial charge is 0.463 e. The quantitative estimate of drug-likeness (QED) is 0.473. The molecule has 1 unspecified atom stereocenters. The lowest BCUT2D eigenvalue weighted by atomic mass is 9.95. The molecule has 0 N–H and O–H groups in total. The van der Waals surface area contributed by atoms with Crippen molar-refractivity contribution in [1.29, 1.82) is 0 Å². The van der Waals surface area contributed by atoms with E-state index in [0.717, 1.165) is 35.6 Å². The van der Waals surface area contributed by atoms with Gasteiger partial charge in [0.25, 0.3) is 5.56 Å². The van der Waals surface area contributed by atoms with E-state index in [2.05, 4.69) is 28.8 Å². The second kappa shape index (κ2) is 10.0. The lowest BCUT2D eigenvalue weighted by Gasteiger charge is -2.26. The molecule has 0 amide bonds. The number of aryl methyl sites for hydroxylation is 2. The molecule has 1 aliphatic rings. The van der Waals surface area contributed by atoms with E-state index in [1.165, 1.54) is 11.3 Å². The van der Waals surface area contributed by atoms with Crippen molar-refractivity contribution in [2.75, 3.05) is 24.6 Å². The van der Waals surface area contributed by atoms with Gasteiger partial charge >= 0.3 is 5.97 Å². The summed E-state index contributed by atoms with van der Waals surface area (Å²) in [5.41, 5.74) is 4.40. The predicted octanol–water partition coefficient (Wildman–Crippen LogP) is 2.69. The first-order valence-corrected chi connectivity index (χ1v) is 12.6. The normalized spacial score (nSPS) is 15.7. The molecule has 2 aromatic heterocycles. The second-order valence-electron chi connectivity index (χ2n) is 8.41. The van der Waals surface area contributed by atoms with Crippen LogP contribution < -0.4 is 19.8 Å². The molecule has 184 valence electrons. The number of ether oxygens (including phenoxy) is 1. The molecule has 0 saturated carbocycles. The maximum absolute atomic E-state index is 13.7. The number of benzene rings is 1. The molecule has 1 aromatic carbocycles. The van der Waals surface area contributed by atoms with Crippen molar-refractivity contribution >= 4 is 29.1 Å². The zero-order chi connectivity index (χ0) is 25.3. The van der Waals surface area contributed by atoms with Gasteiger partial charge in [-0.15, -0.1) is 0 Å². The van der Waals surface area contributed by atoms with Crippen LogP contribution in [0.3, 0.4) is 0 Å². The van der Waals surface area contributed by atoms with Gasteiger partial charge in [0, 0.05) is 37.6 Å². The standard InChI is InChI=1S/C26H31N5O3S/c1-7-30(8-2)20-12-10-18(11-13-20)23-22(25(33)34-9-3)17(5)27-26-31(23)24(32)21(35-26)14-19-15-29(6)28-16(19)4/h10-15,23H,7-9H2,1-6H3. The van der Waals surface area contributed by atoms with E-state index in [1.54, 1.807) is 23.1 Å². The molecular weight excluding hydrogens is 462 g/mol. The van der Waals surface area contributed by atoms with Crippen LogP contribution in [0.1, 0.15) is 50.6 Å². The molecule has 9 heteroatoms. The third-order valence-electron chi connectivity index (χ3n) is 6.19. The molecule has 8 nitrogen and oxygen atoms in total. The Balaban J connectivity index is 1.91. The number of thiazole rings is 1. The molecule has 0 aliphatic carbocycles. The number of nitrogens with zero attached hydrogens (tertiary/aromatic N) is 5. The van der Waals surface area contributed by atoms with Crippen molar-refractivity contribution in [3.05, 3.63) is 78.2 Å². The molecule has 0 spiro atoms. The van der Waals surface area contributed by atoms with E-state index in [0.29, 0.717) is 20.6 Å². The predicted molar refractivity (Wildman–Crippen MR) is 138 cm³/mol. The molecule has 0 fully saturated rings. The fourth-order valence-corrected chi connectivity index (χ4v) is 5.50. The fraction of sp³-hybridized carbons (Fsp3) is 0.385. The van der Waals surface area contributed by atoms with Gasteiger partial charge in [0.2, 0.25) is 0 Å². The summed E-state index contributed by atoms with van der Waals surface area (Å²) in [6.45, 7) is 11.7. The average Bonchev–Trinajstić information content (AvgIpc) is 3.31. The average molecular weight is 494 g/mol. The van der Waals surface area contributed by atoms with E-state index < -0.39 is 12.0 Å². The molecule has 0 radical (unpaired) electrons. The third kappa shape index (κ3) is 4.60. The second-order valence-corrected chi connectivity index (χ2v) is 9.42. The van der Waals surface area contributed by atoms with Crippen LogP contribution in [0.15, 0.2) is 51.5 Å². The number of hydrogen-bond acceptors (Lipinski definition) is 7. The minimum absolute atomic E-state index is 0.191. The minimum Gasteiger partial charge on any atom is -0.463 e. The summed E-state index contributed by atoms with van der Waals surface area (Å²) in [7, 11) is 1.85. The van der Waals surface area contributed by atoms with Crippen molar-refractivity contribution in [2.45, 2.75) is 40.7 Å². The molecule has 0 bridgehead atoms. The minimum atomic E-state index is -0.617. The van der Waals surface area contributed by atoms with Crippen LogP contribution in [0.25, 0.3) is 6.08 Å². The lowest BCUT2D eigenvalue weighted by Crippen LogP contribution is -2.40. The SMILES string of the molecule is CCOC(=O)C1=C(C)N=c2sc(=Cc3cn(C)nc3C)c(=O)n2C1c1ccc(N(CC)CC)cc1. The molecule has 1 aliphatic heterocycles. The summed E-state index contributed by atoms with van der Waals surface area (Å²) in [4.78, 5) is 34.2. The number of allylic oxidation sites excluding steroid dienone is 1. The Morgan fingerprint density at radius 1 is 1.17 bits per heavy atom. The van der Waals surface area contributed by atoms with E-state index in [9.17, 15) is 9.59 Å². The number of carbonyl (C=O) groups is 1. The van der Waals surface area contributed by atoms with Gasteiger partial charge in [-0.1, -0.05) is 23.5 Å². The number of carbonyl (C=O) groups excluding carboxylic acids is 1. The van der Waals surface area contributed by atoms with Crippen LogP contribution in [-0.2, 0) is 16.6 Å². The lowest BCUT2D eigenvalue weighted by molar-refractivity contribution is -0.139. The molecule has 3 heterocycles. The van der Waals surface area contributed by atoms with Crippen LogP contribution in [0.4, 0.5) is 5.69 Å². The van der Waals surface area contributed by atoms with Gasteiger partial charge in [-0.05, 0) is 58.4 Å². The monoisotopic (exact) mass is 493 g/mol. The Hall–Kier alpha value is -3.46. The smallest absolute Gasteiger partial charge is 0.338 e. The van der Waals surface area contributed by atoms with Crippen molar-refractivity contribution in [3.8, 4) is 0 Å². The van der Waals surface area contributed by atoms with Gasteiger partial charge in [0.05, 0.1) is 34.1 Å². The molecule has 1 atom stereocenters. The summed E-state index contributed by atoms with van der Waals surface area (Å²) >= 11 is 1.32. The third-order valence-corrected chi connectivity index (χ3v) is 7.18. The molecular formula is C26H31N5O3S. The van der Waals surface area contributed by atoms with Crippen molar-refractivity contribution < 1.29 is 9.53 Å². The van der Waals surface area contributed by atoms with Crippen LogP contribution in [0.2, 0.25) is 0 Å². The summed E-state index contributed by atoms with van der Waals surface area (Å²) in [6.07, 6.45) is 3.72. The first-order chi connectivity index (χ1) is 16.8. The molecule has 3 aromatic rings. The Kier molecular flexibility index (Phi) is 7.07. The Bertz CT molecular complexity index is 1460. The highest BCUT2D eigenvalue weighted by atomic mass is 32.1. The zero-order valence-electron chi connectivity index (χ0n) is 21.0. The summed E-state index contributed by atoms with van der Waals surface area (Å²) < 4.78 is 9.27. The van der Waals surface area contributed by atoms with Crippen LogP contribution in [0, 0.1) is 6.92 Å². The summed E-state index contributed by atoms with van der Waals surface area (Å²) in [6, 6.07) is 7.43. The van der Waals surface area contributed by atoms with Crippen molar-refractivity contribution in [1.82, 2.24) is 14.3 Å². The van der Waals surface area contributed by atoms with Gasteiger partial charge in [-0.2, -0.15) is 5.10 Å². The molecule has 4 rings (SSSR count). The highest BCUT2D eigenvalue weighted by Gasteiger charge is 2.33. The number of fused-ring (bicyclic) bond motifs is 1. The number of rotatable bonds is 7. The maximum Gasteiger partial charge on any atom is 0.338 e.